The minimum atomic E-state index is 0.0961. The molecular formula is C17H26N2O. The molecule has 0 fully saturated rings. The van der Waals surface area contributed by atoms with E-state index < -0.39 is 0 Å². The SMILES string of the molecule is CCNC1CCCN(C(=O)C(C)CC)c2ccccc21. The van der Waals surface area contributed by atoms with Gasteiger partial charge in [-0.25, -0.2) is 0 Å². The van der Waals surface area contributed by atoms with E-state index in [0.29, 0.717) is 6.04 Å². The molecule has 0 saturated heterocycles. The molecule has 1 aliphatic rings. The van der Waals surface area contributed by atoms with Crippen molar-refractivity contribution < 1.29 is 4.79 Å². The first-order valence-electron chi connectivity index (χ1n) is 7.82. The van der Waals surface area contributed by atoms with Gasteiger partial charge in [-0.3, -0.25) is 4.79 Å². The predicted molar refractivity (Wildman–Crippen MR) is 83.9 cm³/mol. The molecule has 3 nitrogen and oxygen atoms in total. The van der Waals surface area contributed by atoms with Crippen LogP contribution in [0.25, 0.3) is 0 Å². The van der Waals surface area contributed by atoms with E-state index in [-0.39, 0.29) is 11.8 Å². The molecule has 2 unspecified atom stereocenters. The summed E-state index contributed by atoms with van der Waals surface area (Å²) in [6.07, 6.45) is 3.04. The minimum Gasteiger partial charge on any atom is -0.312 e. The van der Waals surface area contributed by atoms with Crippen molar-refractivity contribution in [2.75, 3.05) is 18.0 Å². The first-order chi connectivity index (χ1) is 9.69. The first kappa shape index (κ1) is 15.0. The Morgan fingerprint density at radius 1 is 1.40 bits per heavy atom. The average molecular weight is 274 g/mol. The number of hydrogen-bond acceptors (Lipinski definition) is 2. The molecule has 0 bridgehead atoms. The molecule has 2 atom stereocenters. The fraction of sp³-hybridized carbons (Fsp3) is 0.588. The number of carbonyl (C=O) groups excluding carboxylic acids is 1. The Balaban J connectivity index is 2.35. The van der Waals surface area contributed by atoms with Crippen molar-refractivity contribution in [1.82, 2.24) is 5.32 Å². The van der Waals surface area contributed by atoms with Crippen molar-refractivity contribution in [3.8, 4) is 0 Å². The third kappa shape index (κ3) is 3.04. The third-order valence-corrected chi connectivity index (χ3v) is 4.23. The Hall–Kier alpha value is -1.35. The highest BCUT2D eigenvalue weighted by Gasteiger charge is 2.27. The van der Waals surface area contributed by atoms with Gasteiger partial charge in [-0.1, -0.05) is 39.0 Å². The lowest BCUT2D eigenvalue weighted by molar-refractivity contribution is -0.122. The van der Waals surface area contributed by atoms with Crippen LogP contribution in [-0.2, 0) is 4.79 Å². The predicted octanol–water partition coefficient (Wildman–Crippen LogP) is 3.51. The second-order valence-corrected chi connectivity index (χ2v) is 5.61. The number of carbonyl (C=O) groups is 1. The summed E-state index contributed by atoms with van der Waals surface area (Å²) in [6.45, 7) is 8.03. The maximum atomic E-state index is 12.6. The van der Waals surface area contributed by atoms with Gasteiger partial charge >= 0.3 is 0 Å². The fourth-order valence-corrected chi connectivity index (χ4v) is 2.89. The zero-order chi connectivity index (χ0) is 14.5. The van der Waals surface area contributed by atoms with Crippen molar-refractivity contribution >= 4 is 11.6 Å². The van der Waals surface area contributed by atoms with Crippen molar-refractivity contribution in [2.24, 2.45) is 5.92 Å². The molecule has 0 radical (unpaired) electrons. The van der Waals surface area contributed by atoms with E-state index in [9.17, 15) is 4.79 Å². The molecule has 2 rings (SSSR count). The van der Waals surface area contributed by atoms with Gasteiger partial charge in [-0.15, -0.1) is 0 Å². The zero-order valence-corrected chi connectivity index (χ0v) is 12.9. The molecule has 0 aromatic heterocycles. The average Bonchev–Trinajstić information content (AvgIpc) is 2.66. The second-order valence-electron chi connectivity index (χ2n) is 5.61. The van der Waals surface area contributed by atoms with Crippen molar-refractivity contribution in [2.45, 2.75) is 46.1 Å². The lowest BCUT2D eigenvalue weighted by atomic mass is 10.0. The van der Waals surface area contributed by atoms with Gasteiger partial charge in [0.1, 0.15) is 0 Å². The summed E-state index contributed by atoms with van der Waals surface area (Å²) in [5.74, 6) is 0.357. The van der Waals surface area contributed by atoms with Gasteiger partial charge in [0.15, 0.2) is 0 Å². The zero-order valence-electron chi connectivity index (χ0n) is 12.9. The maximum absolute atomic E-state index is 12.6. The van der Waals surface area contributed by atoms with Gasteiger partial charge in [-0.05, 0) is 37.4 Å². The number of anilines is 1. The van der Waals surface area contributed by atoms with E-state index in [2.05, 4.69) is 37.4 Å². The molecule has 1 heterocycles. The van der Waals surface area contributed by atoms with Crippen LogP contribution in [0.1, 0.15) is 51.6 Å². The highest BCUT2D eigenvalue weighted by Crippen LogP contribution is 2.33. The molecule has 1 amide bonds. The first-order valence-corrected chi connectivity index (χ1v) is 7.82. The van der Waals surface area contributed by atoms with Gasteiger partial charge in [0.25, 0.3) is 0 Å². The summed E-state index contributed by atoms with van der Waals surface area (Å²) in [7, 11) is 0. The number of rotatable bonds is 4. The lowest BCUT2D eigenvalue weighted by Gasteiger charge is -2.26. The molecule has 20 heavy (non-hydrogen) atoms. The topological polar surface area (TPSA) is 32.3 Å². The largest absolute Gasteiger partial charge is 0.312 e. The Bertz CT molecular complexity index is 458. The monoisotopic (exact) mass is 274 g/mol. The molecule has 0 aliphatic carbocycles. The van der Waals surface area contributed by atoms with E-state index >= 15 is 0 Å². The smallest absolute Gasteiger partial charge is 0.229 e. The van der Waals surface area contributed by atoms with Crippen LogP contribution in [0, 0.1) is 5.92 Å². The van der Waals surface area contributed by atoms with Gasteiger partial charge in [0.05, 0.1) is 0 Å². The molecule has 3 heteroatoms. The molecule has 1 aromatic carbocycles. The number of para-hydroxylation sites is 1. The fourth-order valence-electron chi connectivity index (χ4n) is 2.89. The minimum absolute atomic E-state index is 0.0961. The summed E-state index contributed by atoms with van der Waals surface area (Å²) in [4.78, 5) is 14.6. The van der Waals surface area contributed by atoms with Crippen LogP contribution in [0.5, 0.6) is 0 Å². The summed E-state index contributed by atoms with van der Waals surface area (Å²) >= 11 is 0. The number of benzene rings is 1. The number of hydrogen-bond donors (Lipinski definition) is 1. The van der Waals surface area contributed by atoms with Crippen molar-refractivity contribution in [3.63, 3.8) is 0 Å². The quantitative estimate of drug-likeness (QED) is 0.911. The number of nitrogens with one attached hydrogen (secondary N) is 1. The van der Waals surface area contributed by atoms with Crippen LogP contribution in [0.4, 0.5) is 5.69 Å². The van der Waals surface area contributed by atoms with E-state index in [0.717, 1.165) is 38.0 Å². The van der Waals surface area contributed by atoms with E-state index in [1.807, 2.05) is 17.9 Å². The standard InChI is InChI=1S/C17H26N2O/c1-4-13(3)17(20)19-12-8-10-15(18-5-2)14-9-6-7-11-16(14)19/h6-7,9,11,13,15,18H,4-5,8,10,12H2,1-3H3. The van der Waals surface area contributed by atoms with Crippen LogP contribution in [0.2, 0.25) is 0 Å². The van der Waals surface area contributed by atoms with Crippen LogP contribution in [0.3, 0.4) is 0 Å². The van der Waals surface area contributed by atoms with Gasteiger partial charge in [-0.2, -0.15) is 0 Å². The lowest BCUT2D eigenvalue weighted by Crippen LogP contribution is -2.35. The van der Waals surface area contributed by atoms with E-state index in [1.165, 1.54) is 5.56 Å². The van der Waals surface area contributed by atoms with Crippen LogP contribution >= 0.6 is 0 Å². The summed E-state index contributed by atoms with van der Waals surface area (Å²) in [5.41, 5.74) is 2.37. The Labute approximate surface area is 122 Å². The van der Waals surface area contributed by atoms with E-state index in [1.54, 1.807) is 0 Å². The van der Waals surface area contributed by atoms with Crippen LogP contribution < -0.4 is 10.2 Å². The van der Waals surface area contributed by atoms with Crippen LogP contribution in [-0.4, -0.2) is 19.0 Å². The number of fused-ring (bicyclic) bond motifs is 1. The Morgan fingerprint density at radius 2 is 2.15 bits per heavy atom. The summed E-state index contributed by atoms with van der Waals surface area (Å²) < 4.78 is 0. The van der Waals surface area contributed by atoms with Crippen LogP contribution in [0.15, 0.2) is 24.3 Å². The molecule has 0 saturated carbocycles. The maximum Gasteiger partial charge on any atom is 0.229 e. The van der Waals surface area contributed by atoms with Crippen molar-refractivity contribution in [3.05, 3.63) is 29.8 Å². The highest BCUT2D eigenvalue weighted by molar-refractivity contribution is 5.95. The Morgan fingerprint density at radius 3 is 2.85 bits per heavy atom. The second kappa shape index (κ2) is 6.89. The van der Waals surface area contributed by atoms with Gasteiger partial charge in [0.2, 0.25) is 5.91 Å². The van der Waals surface area contributed by atoms with Crippen molar-refractivity contribution in [1.29, 1.82) is 0 Å². The van der Waals surface area contributed by atoms with Gasteiger partial charge in [0, 0.05) is 24.2 Å². The molecule has 1 aliphatic heterocycles. The molecule has 1 aromatic rings. The highest BCUT2D eigenvalue weighted by atomic mass is 16.2. The summed E-state index contributed by atoms with van der Waals surface area (Å²) in [5, 5.41) is 3.55. The normalized spacial score (nSPS) is 20.1. The number of nitrogens with zero attached hydrogens (tertiary/aromatic N) is 1. The molecular weight excluding hydrogens is 248 g/mol. The Kier molecular flexibility index (Phi) is 5.18. The molecule has 110 valence electrons. The summed E-state index contributed by atoms with van der Waals surface area (Å²) in [6, 6.07) is 8.71. The molecule has 1 N–H and O–H groups in total. The molecule has 0 spiro atoms. The van der Waals surface area contributed by atoms with E-state index in [4.69, 9.17) is 0 Å². The number of amides is 1. The van der Waals surface area contributed by atoms with Gasteiger partial charge < -0.3 is 10.2 Å². The third-order valence-electron chi connectivity index (χ3n) is 4.23.